The number of hydrogen-bond acceptors (Lipinski definition) is 16. The maximum Gasteiger partial charge on any atom is 0.217 e. The minimum atomic E-state index is -1.86. The van der Waals surface area contributed by atoms with Crippen molar-refractivity contribution in [3.63, 3.8) is 0 Å². The van der Waals surface area contributed by atoms with E-state index in [0.29, 0.717) is 0 Å². The molecule has 3 aliphatic heterocycles. The highest BCUT2D eigenvalue weighted by Crippen LogP contribution is 2.32. The topological polar surface area (TPSA) is 286 Å². The normalized spacial score (nSPS) is 46.0. The molecule has 0 bridgehead atoms. The van der Waals surface area contributed by atoms with E-state index in [9.17, 15) is 55.5 Å². The van der Waals surface area contributed by atoms with Crippen LogP contribution in [0.5, 0.6) is 0 Å². The third-order valence-electron chi connectivity index (χ3n) is 6.90. The molecule has 18 nitrogen and oxygen atoms in total. The van der Waals surface area contributed by atoms with E-state index in [1.165, 1.54) is 0 Å². The lowest BCUT2D eigenvalue weighted by Crippen LogP contribution is -2.70. The fourth-order valence-corrected chi connectivity index (χ4v) is 4.86. The Kier molecular flexibility index (Phi) is 11.5. The molecule has 0 aromatic rings. The van der Waals surface area contributed by atoms with Crippen LogP contribution in [0.1, 0.15) is 13.8 Å². The zero-order valence-corrected chi connectivity index (χ0v) is 21.7. The van der Waals surface area contributed by atoms with E-state index in [4.69, 9.17) is 23.7 Å². The van der Waals surface area contributed by atoms with Gasteiger partial charge in [0.05, 0.1) is 19.8 Å². The predicted octanol–water partition coefficient (Wildman–Crippen LogP) is -7.29. The van der Waals surface area contributed by atoms with Crippen molar-refractivity contribution >= 4 is 11.8 Å². The van der Waals surface area contributed by atoms with Gasteiger partial charge in [-0.1, -0.05) is 0 Å². The summed E-state index contributed by atoms with van der Waals surface area (Å²) in [6, 6.07) is -2.89. The van der Waals surface area contributed by atoms with Crippen LogP contribution in [0.3, 0.4) is 0 Å². The second-order valence-corrected chi connectivity index (χ2v) is 9.81. The first kappa shape index (κ1) is 32.9. The highest BCUT2D eigenvalue weighted by atomic mass is 16.7. The largest absolute Gasteiger partial charge is 0.394 e. The van der Waals surface area contributed by atoms with Crippen LogP contribution >= 0.6 is 0 Å². The van der Waals surface area contributed by atoms with Crippen molar-refractivity contribution < 1.29 is 79.2 Å². The molecule has 40 heavy (non-hydrogen) atoms. The summed E-state index contributed by atoms with van der Waals surface area (Å²) in [5, 5.41) is 96.5. The van der Waals surface area contributed by atoms with Crippen LogP contribution in [0.25, 0.3) is 0 Å². The Morgan fingerprint density at radius 2 is 1.10 bits per heavy atom. The van der Waals surface area contributed by atoms with Crippen LogP contribution in [-0.2, 0) is 33.3 Å². The van der Waals surface area contributed by atoms with Crippen LogP contribution in [0, 0.1) is 0 Å². The second-order valence-electron chi connectivity index (χ2n) is 9.81. The van der Waals surface area contributed by atoms with Crippen molar-refractivity contribution in [1.82, 2.24) is 10.6 Å². The van der Waals surface area contributed by atoms with Gasteiger partial charge >= 0.3 is 0 Å². The van der Waals surface area contributed by atoms with E-state index in [-0.39, 0.29) is 0 Å². The predicted molar refractivity (Wildman–Crippen MR) is 124 cm³/mol. The van der Waals surface area contributed by atoms with Crippen LogP contribution < -0.4 is 10.6 Å². The van der Waals surface area contributed by atoms with Crippen molar-refractivity contribution in [3.8, 4) is 0 Å². The zero-order chi connectivity index (χ0) is 29.9. The van der Waals surface area contributed by atoms with E-state index in [1.54, 1.807) is 0 Å². The zero-order valence-electron chi connectivity index (χ0n) is 21.7. The van der Waals surface area contributed by atoms with E-state index in [2.05, 4.69) is 10.6 Å². The minimum absolute atomic E-state index is 0.639. The van der Waals surface area contributed by atoms with E-state index >= 15 is 0 Å². The van der Waals surface area contributed by atoms with Gasteiger partial charge in [0.25, 0.3) is 0 Å². The summed E-state index contributed by atoms with van der Waals surface area (Å²) in [7, 11) is 0. The Bertz CT molecular complexity index is 852. The first-order valence-electron chi connectivity index (χ1n) is 12.6. The van der Waals surface area contributed by atoms with Gasteiger partial charge in [0, 0.05) is 13.8 Å². The van der Waals surface area contributed by atoms with E-state index in [0.717, 1.165) is 13.8 Å². The molecule has 2 amide bonds. The first-order chi connectivity index (χ1) is 18.8. The van der Waals surface area contributed by atoms with E-state index in [1.807, 2.05) is 0 Å². The molecule has 0 spiro atoms. The van der Waals surface area contributed by atoms with Crippen molar-refractivity contribution in [2.24, 2.45) is 0 Å². The lowest BCUT2D eigenvalue weighted by atomic mass is 9.94. The maximum atomic E-state index is 12.0. The van der Waals surface area contributed by atoms with Gasteiger partial charge in [-0.25, -0.2) is 0 Å². The van der Waals surface area contributed by atoms with Gasteiger partial charge in [0.2, 0.25) is 11.8 Å². The molecule has 232 valence electrons. The van der Waals surface area contributed by atoms with E-state index < -0.39 is 124 Å². The Morgan fingerprint density at radius 1 is 0.600 bits per heavy atom. The minimum Gasteiger partial charge on any atom is -0.394 e. The summed E-state index contributed by atoms with van der Waals surface area (Å²) in [6.45, 7) is -0.115. The van der Waals surface area contributed by atoms with Crippen molar-refractivity contribution in [1.29, 1.82) is 0 Å². The van der Waals surface area contributed by atoms with Crippen LogP contribution in [0.15, 0.2) is 0 Å². The molecule has 0 aromatic heterocycles. The van der Waals surface area contributed by atoms with Crippen molar-refractivity contribution in [2.75, 3.05) is 19.8 Å². The second kappa shape index (κ2) is 14.0. The summed E-state index contributed by atoms with van der Waals surface area (Å²) in [4.78, 5) is 23.7. The molecule has 11 N–H and O–H groups in total. The average Bonchev–Trinajstić information content (AvgIpc) is 2.90. The van der Waals surface area contributed by atoms with Crippen LogP contribution in [-0.4, -0.2) is 170 Å². The molecular formula is C22H38N2O16. The fourth-order valence-electron chi connectivity index (χ4n) is 4.86. The standard InChI is InChI=1S/C22H38N2O16/c1-6(28)23-11-15(32)18(39-22-17(34)16(33)13(30)8(3-25)37-22)10(5-27)38-21(11)40-19-12(24-7(2)29)20(35)36-9(4-26)14(19)31/h8-22,25-27,30-35H,3-5H2,1-2H3,(H,23,28)(H,24,29)/t8-,9-,10-,11-,12-,13+,14+,15-,16+,17-,18-,19-,20+,21+,22+/m1/s1. The Balaban J connectivity index is 1.87. The Hall–Kier alpha value is -1.62. The van der Waals surface area contributed by atoms with Gasteiger partial charge in [-0.05, 0) is 0 Å². The molecule has 0 aliphatic carbocycles. The van der Waals surface area contributed by atoms with Gasteiger partial charge in [0.1, 0.15) is 73.1 Å². The quantitative estimate of drug-likeness (QED) is 0.120. The summed E-state index contributed by atoms with van der Waals surface area (Å²) < 4.78 is 27.6. The number of rotatable bonds is 9. The molecular weight excluding hydrogens is 548 g/mol. The molecule has 3 heterocycles. The third kappa shape index (κ3) is 7.05. The summed E-state index contributed by atoms with van der Waals surface area (Å²) in [5.41, 5.74) is 0. The number of carbonyl (C=O) groups is 2. The average molecular weight is 587 g/mol. The lowest BCUT2D eigenvalue weighted by molar-refractivity contribution is -0.359. The Morgan fingerprint density at radius 3 is 1.65 bits per heavy atom. The smallest absolute Gasteiger partial charge is 0.217 e. The molecule has 3 saturated heterocycles. The van der Waals surface area contributed by atoms with Crippen LogP contribution in [0.4, 0.5) is 0 Å². The molecule has 0 saturated carbocycles. The van der Waals surface area contributed by atoms with Gasteiger partial charge < -0.3 is 80.3 Å². The van der Waals surface area contributed by atoms with Gasteiger partial charge in [-0.2, -0.15) is 0 Å². The fraction of sp³-hybridized carbons (Fsp3) is 0.909. The molecule has 3 aliphatic rings. The molecule has 18 heteroatoms. The number of amides is 2. The number of aliphatic hydroxyl groups excluding tert-OH is 9. The number of nitrogens with one attached hydrogen (secondary N) is 2. The lowest BCUT2D eigenvalue weighted by Gasteiger charge is -2.49. The summed E-state index contributed by atoms with van der Waals surface area (Å²) >= 11 is 0. The first-order valence-corrected chi connectivity index (χ1v) is 12.6. The van der Waals surface area contributed by atoms with Crippen LogP contribution in [0.2, 0.25) is 0 Å². The summed E-state index contributed by atoms with van der Waals surface area (Å²) in [5.74, 6) is -1.32. The van der Waals surface area contributed by atoms with Crippen molar-refractivity contribution in [2.45, 2.75) is 106 Å². The molecule has 0 radical (unpaired) electrons. The molecule has 3 fully saturated rings. The highest BCUT2D eigenvalue weighted by molar-refractivity contribution is 5.73. The number of hydrogen-bond donors (Lipinski definition) is 11. The molecule has 0 unspecified atom stereocenters. The SMILES string of the molecule is CC(=O)N[C@@H]1[C@@H](O[C@@H]2O[C@H](CO)[C@@H](O[C@@H]3O[C@H](CO)[C@H](O)[C@H](O)[C@H]3O)[C@H](O)[C@H]2NC(C)=O)[C@@H](O)[C@@H](CO)O[C@@H]1O. The van der Waals surface area contributed by atoms with Gasteiger partial charge in [-0.15, -0.1) is 0 Å². The van der Waals surface area contributed by atoms with Crippen molar-refractivity contribution in [3.05, 3.63) is 0 Å². The molecule has 15 atom stereocenters. The molecule has 3 rings (SSSR count). The summed E-state index contributed by atoms with van der Waals surface area (Å²) in [6.07, 6.45) is -21.2. The number of carbonyl (C=O) groups excluding carboxylic acids is 2. The Labute approximate surface area is 228 Å². The monoisotopic (exact) mass is 586 g/mol. The highest BCUT2D eigenvalue weighted by Gasteiger charge is 2.54. The van der Waals surface area contributed by atoms with Gasteiger partial charge in [0.15, 0.2) is 18.9 Å². The molecule has 0 aromatic carbocycles. The number of ether oxygens (including phenoxy) is 5. The number of aliphatic hydroxyl groups is 9. The maximum absolute atomic E-state index is 12.0. The van der Waals surface area contributed by atoms with Gasteiger partial charge in [-0.3, -0.25) is 9.59 Å². The third-order valence-corrected chi connectivity index (χ3v) is 6.90.